The Balaban J connectivity index is 3.37. The Morgan fingerprint density at radius 2 is 1.58 bits per heavy atom. The van der Waals surface area contributed by atoms with Crippen molar-refractivity contribution in [3.05, 3.63) is 0 Å². The zero-order valence-electron chi connectivity index (χ0n) is 8.29. The predicted molar refractivity (Wildman–Crippen MR) is 52.6 cm³/mol. The molecule has 0 fully saturated rings. The van der Waals surface area contributed by atoms with Crippen LogP contribution >= 0.6 is 0 Å². The summed E-state index contributed by atoms with van der Waals surface area (Å²) in [6.07, 6.45) is 0. The van der Waals surface area contributed by atoms with Crippen molar-refractivity contribution < 1.29 is 0 Å². The molecular weight excluding hydrogens is 152 g/mol. The molecule has 4 nitrogen and oxygen atoms in total. The van der Waals surface area contributed by atoms with Gasteiger partial charge < -0.3 is 10.6 Å². The lowest BCUT2D eigenvalue weighted by Gasteiger charge is -2.22. The highest BCUT2D eigenvalue weighted by molar-refractivity contribution is 4.56. The molecule has 4 N–H and O–H groups in total. The molecule has 74 valence electrons. The molecule has 0 radical (unpaired) electrons. The summed E-state index contributed by atoms with van der Waals surface area (Å²) in [6.45, 7) is 9.85. The smallest absolute Gasteiger partial charge is 0.0257 e. The normalized spacial score (nSPS) is 11.5. The third kappa shape index (κ3) is 5.49. The van der Waals surface area contributed by atoms with Gasteiger partial charge in [-0.3, -0.25) is 5.84 Å². The lowest BCUT2D eigenvalue weighted by molar-refractivity contribution is 0.221. The van der Waals surface area contributed by atoms with E-state index in [1.165, 1.54) is 0 Å². The fourth-order valence-electron chi connectivity index (χ4n) is 1.09. The highest BCUT2D eigenvalue weighted by Gasteiger charge is 2.01. The number of hydrogen-bond donors (Lipinski definition) is 2. The van der Waals surface area contributed by atoms with Gasteiger partial charge in [0.25, 0.3) is 0 Å². The quantitative estimate of drug-likeness (QED) is 0.402. The number of nitrogens with two attached hydrogens (primary N) is 2. The summed E-state index contributed by atoms with van der Waals surface area (Å²) in [7, 11) is 0. The fraction of sp³-hybridized carbons (Fsp3) is 1.00. The Bertz CT molecular complexity index is 93.1. The molecule has 0 bridgehead atoms. The first kappa shape index (κ1) is 11.8. The summed E-state index contributed by atoms with van der Waals surface area (Å²) in [5, 5.41) is 1.78. The average molecular weight is 174 g/mol. The van der Waals surface area contributed by atoms with Crippen molar-refractivity contribution in [2.24, 2.45) is 11.6 Å². The van der Waals surface area contributed by atoms with E-state index >= 15 is 0 Å². The van der Waals surface area contributed by atoms with Crippen LogP contribution in [0.2, 0.25) is 0 Å². The third-order valence-electron chi connectivity index (χ3n) is 2.01. The molecule has 4 heteroatoms. The van der Waals surface area contributed by atoms with E-state index in [-0.39, 0.29) is 0 Å². The van der Waals surface area contributed by atoms with E-state index in [1.54, 1.807) is 5.01 Å². The summed E-state index contributed by atoms with van der Waals surface area (Å²) in [4.78, 5) is 2.34. The zero-order chi connectivity index (χ0) is 9.40. The standard InChI is InChI=1S/C8H22N4/c1-3-11(4-2)7-8-12(10)6-5-9/h3-10H2,1-2H3. The zero-order valence-corrected chi connectivity index (χ0v) is 8.29. The van der Waals surface area contributed by atoms with Crippen LogP contribution in [-0.4, -0.2) is 49.2 Å². The lowest BCUT2D eigenvalue weighted by Crippen LogP contribution is -2.41. The SMILES string of the molecule is CCN(CC)CCN(N)CCN. The topological polar surface area (TPSA) is 58.5 Å². The van der Waals surface area contributed by atoms with E-state index in [4.69, 9.17) is 11.6 Å². The first-order valence-electron chi connectivity index (χ1n) is 4.66. The van der Waals surface area contributed by atoms with Crippen LogP contribution in [0.3, 0.4) is 0 Å². The van der Waals surface area contributed by atoms with Gasteiger partial charge in [-0.25, -0.2) is 5.01 Å². The molecule has 0 rings (SSSR count). The number of rotatable bonds is 7. The van der Waals surface area contributed by atoms with Gasteiger partial charge in [-0.05, 0) is 13.1 Å². The summed E-state index contributed by atoms with van der Waals surface area (Å²) in [5.74, 6) is 5.67. The van der Waals surface area contributed by atoms with E-state index in [0.717, 1.165) is 32.7 Å². The molecule has 0 aromatic heterocycles. The van der Waals surface area contributed by atoms with Crippen LogP contribution in [0.4, 0.5) is 0 Å². The van der Waals surface area contributed by atoms with Crippen LogP contribution in [0.5, 0.6) is 0 Å². The molecule has 0 aromatic rings. The molecule has 0 spiro atoms. The Kier molecular flexibility index (Phi) is 7.39. The van der Waals surface area contributed by atoms with Crippen LogP contribution in [0.25, 0.3) is 0 Å². The second-order valence-corrected chi connectivity index (χ2v) is 2.85. The van der Waals surface area contributed by atoms with E-state index < -0.39 is 0 Å². The molecule has 0 aliphatic heterocycles. The second kappa shape index (κ2) is 7.49. The van der Waals surface area contributed by atoms with E-state index in [9.17, 15) is 0 Å². The van der Waals surface area contributed by atoms with Crippen LogP contribution in [-0.2, 0) is 0 Å². The van der Waals surface area contributed by atoms with Crippen LogP contribution in [0, 0.1) is 0 Å². The minimum Gasteiger partial charge on any atom is -0.329 e. The van der Waals surface area contributed by atoms with E-state index in [0.29, 0.717) is 6.54 Å². The van der Waals surface area contributed by atoms with Crippen LogP contribution < -0.4 is 11.6 Å². The van der Waals surface area contributed by atoms with Gasteiger partial charge >= 0.3 is 0 Å². The van der Waals surface area contributed by atoms with Gasteiger partial charge in [0.1, 0.15) is 0 Å². The second-order valence-electron chi connectivity index (χ2n) is 2.85. The van der Waals surface area contributed by atoms with E-state index in [1.807, 2.05) is 0 Å². The Labute approximate surface area is 75.5 Å². The van der Waals surface area contributed by atoms with Gasteiger partial charge in [0, 0.05) is 26.2 Å². The van der Waals surface area contributed by atoms with Crippen molar-refractivity contribution in [3.63, 3.8) is 0 Å². The minimum atomic E-state index is 0.634. The minimum absolute atomic E-state index is 0.634. The average Bonchev–Trinajstić information content (AvgIpc) is 2.07. The predicted octanol–water partition coefficient (Wildman–Crippen LogP) is -0.537. The van der Waals surface area contributed by atoms with Gasteiger partial charge in [-0.2, -0.15) is 0 Å². The van der Waals surface area contributed by atoms with Crippen LogP contribution in [0.1, 0.15) is 13.8 Å². The van der Waals surface area contributed by atoms with Gasteiger partial charge in [0.15, 0.2) is 0 Å². The maximum atomic E-state index is 5.67. The molecule has 0 aliphatic carbocycles. The molecular formula is C8H22N4. The number of nitrogens with zero attached hydrogens (tertiary/aromatic N) is 2. The number of hydrogen-bond acceptors (Lipinski definition) is 4. The highest BCUT2D eigenvalue weighted by Crippen LogP contribution is 1.86. The summed E-state index contributed by atoms with van der Waals surface area (Å²) in [5.41, 5.74) is 5.37. The molecule has 12 heavy (non-hydrogen) atoms. The molecule has 0 unspecified atom stereocenters. The van der Waals surface area contributed by atoms with Crippen molar-refractivity contribution in [2.45, 2.75) is 13.8 Å². The van der Waals surface area contributed by atoms with Crippen molar-refractivity contribution in [2.75, 3.05) is 39.3 Å². The van der Waals surface area contributed by atoms with Crippen LogP contribution in [0.15, 0.2) is 0 Å². The van der Waals surface area contributed by atoms with Gasteiger partial charge in [-0.15, -0.1) is 0 Å². The Morgan fingerprint density at radius 1 is 1.00 bits per heavy atom. The maximum Gasteiger partial charge on any atom is 0.0257 e. The van der Waals surface area contributed by atoms with Gasteiger partial charge in [0.05, 0.1) is 0 Å². The fourth-order valence-corrected chi connectivity index (χ4v) is 1.09. The largest absolute Gasteiger partial charge is 0.329 e. The summed E-state index contributed by atoms with van der Waals surface area (Å²) >= 11 is 0. The van der Waals surface area contributed by atoms with Gasteiger partial charge in [-0.1, -0.05) is 13.8 Å². The number of hydrazine groups is 1. The molecule has 0 saturated heterocycles. The van der Waals surface area contributed by atoms with Gasteiger partial charge in [0.2, 0.25) is 0 Å². The highest BCUT2D eigenvalue weighted by atomic mass is 15.4. The number of likely N-dealkylation sites (N-methyl/N-ethyl adjacent to an activating group) is 1. The Hall–Kier alpha value is -0.160. The summed E-state index contributed by atoms with van der Waals surface area (Å²) < 4.78 is 0. The monoisotopic (exact) mass is 174 g/mol. The molecule has 0 saturated carbocycles. The van der Waals surface area contributed by atoms with E-state index in [2.05, 4.69) is 18.7 Å². The lowest BCUT2D eigenvalue weighted by atomic mass is 10.4. The molecule has 0 aromatic carbocycles. The maximum absolute atomic E-state index is 5.67. The molecule has 0 amide bonds. The first-order valence-corrected chi connectivity index (χ1v) is 4.66. The first-order chi connectivity index (χ1) is 5.74. The van der Waals surface area contributed by atoms with Crippen molar-refractivity contribution in [1.29, 1.82) is 0 Å². The molecule has 0 heterocycles. The Morgan fingerprint density at radius 3 is 2.00 bits per heavy atom. The van der Waals surface area contributed by atoms with Crippen molar-refractivity contribution >= 4 is 0 Å². The molecule has 0 aliphatic rings. The summed E-state index contributed by atoms with van der Waals surface area (Å²) in [6, 6.07) is 0. The third-order valence-corrected chi connectivity index (χ3v) is 2.01. The molecule has 0 atom stereocenters. The van der Waals surface area contributed by atoms with Crippen molar-refractivity contribution in [3.8, 4) is 0 Å². The van der Waals surface area contributed by atoms with Crippen molar-refractivity contribution in [1.82, 2.24) is 9.91 Å².